The van der Waals surface area contributed by atoms with Crippen molar-refractivity contribution in [1.82, 2.24) is 4.31 Å². The predicted molar refractivity (Wildman–Crippen MR) is 92.2 cm³/mol. The van der Waals surface area contributed by atoms with E-state index in [0.29, 0.717) is 25.9 Å². The van der Waals surface area contributed by atoms with E-state index in [1.165, 1.54) is 4.31 Å². The van der Waals surface area contributed by atoms with E-state index in [0.717, 1.165) is 11.1 Å². The van der Waals surface area contributed by atoms with Crippen LogP contribution in [0.2, 0.25) is 0 Å². The van der Waals surface area contributed by atoms with Crippen molar-refractivity contribution in [3.8, 4) is 0 Å². The van der Waals surface area contributed by atoms with Crippen LogP contribution in [0.25, 0.3) is 0 Å². The van der Waals surface area contributed by atoms with Gasteiger partial charge in [-0.1, -0.05) is 60.7 Å². The quantitative estimate of drug-likeness (QED) is 0.718. The summed E-state index contributed by atoms with van der Waals surface area (Å²) in [6, 6.07) is 19.2. The van der Waals surface area contributed by atoms with Gasteiger partial charge in [0.1, 0.15) is 0 Å². The Morgan fingerprint density at radius 2 is 1.26 bits per heavy atom. The average Bonchev–Trinajstić information content (AvgIpc) is 2.56. The van der Waals surface area contributed by atoms with Gasteiger partial charge in [-0.25, -0.2) is 8.42 Å². The third-order valence-electron chi connectivity index (χ3n) is 3.61. The van der Waals surface area contributed by atoms with E-state index in [9.17, 15) is 8.42 Å². The summed E-state index contributed by atoms with van der Waals surface area (Å²) in [7, 11) is -3.37. The van der Waals surface area contributed by atoms with Crippen LogP contribution in [0.5, 0.6) is 0 Å². The lowest BCUT2D eigenvalue weighted by atomic mass is 10.2. The van der Waals surface area contributed by atoms with E-state index in [1.807, 2.05) is 60.7 Å². The molecule has 2 rings (SSSR count). The van der Waals surface area contributed by atoms with Crippen LogP contribution in [0, 0.1) is 0 Å². The average molecular weight is 333 g/mol. The van der Waals surface area contributed by atoms with Gasteiger partial charge >= 0.3 is 0 Å². The zero-order valence-electron chi connectivity index (χ0n) is 13.1. The van der Waals surface area contributed by atoms with Gasteiger partial charge in [0.25, 0.3) is 0 Å². The molecular weight excluding hydrogens is 310 g/mol. The second-order valence-corrected chi connectivity index (χ2v) is 7.57. The number of hydrogen-bond acceptors (Lipinski definition) is 3. The first-order chi connectivity index (χ1) is 11.1. The fraction of sp³-hybridized carbons (Fsp3) is 0.333. The van der Waals surface area contributed by atoms with Crippen LogP contribution in [0.3, 0.4) is 0 Å². The van der Waals surface area contributed by atoms with Gasteiger partial charge < -0.3 is 5.11 Å². The van der Waals surface area contributed by atoms with E-state index in [1.54, 1.807) is 0 Å². The zero-order valence-corrected chi connectivity index (χ0v) is 14.0. The van der Waals surface area contributed by atoms with Crippen molar-refractivity contribution in [3.05, 3.63) is 71.8 Å². The van der Waals surface area contributed by atoms with Crippen molar-refractivity contribution < 1.29 is 13.5 Å². The third kappa shape index (κ3) is 5.78. The maximum atomic E-state index is 12.7. The number of hydrogen-bond donors (Lipinski definition) is 1. The lowest BCUT2D eigenvalue weighted by Gasteiger charge is -2.22. The molecule has 0 heterocycles. The lowest BCUT2D eigenvalue weighted by molar-refractivity contribution is 0.286. The van der Waals surface area contributed by atoms with Gasteiger partial charge in [0.15, 0.2) is 0 Å². The van der Waals surface area contributed by atoms with Gasteiger partial charge in [0.05, 0.1) is 5.75 Å². The minimum atomic E-state index is -3.37. The van der Waals surface area contributed by atoms with Gasteiger partial charge in [0, 0.05) is 19.7 Å². The number of aliphatic hydroxyl groups excluding tert-OH is 1. The van der Waals surface area contributed by atoms with Crippen molar-refractivity contribution in [2.24, 2.45) is 0 Å². The SMILES string of the molecule is O=S(=O)(CCCCO)N(Cc1ccccc1)Cc1ccccc1. The highest BCUT2D eigenvalue weighted by Gasteiger charge is 2.22. The minimum absolute atomic E-state index is 0.0207. The summed E-state index contributed by atoms with van der Waals surface area (Å²) in [6.45, 7) is 0.737. The molecule has 2 aromatic carbocycles. The van der Waals surface area contributed by atoms with E-state index >= 15 is 0 Å². The molecule has 0 atom stereocenters. The predicted octanol–water partition coefficient (Wildman–Crippen LogP) is 2.79. The molecule has 1 N–H and O–H groups in total. The van der Waals surface area contributed by atoms with Crippen molar-refractivity contribution >= 4 is 10.0 Å². The number of unbranched alkanes of at least 4 members (excludes halogenated alkanes) is 1. The molecule has 0 saturated heterocycles. The molecule has 0 fully saturated rings. The molecule has 4 nitrogen and oxygen atoms in total. The molecule has 23 heavy (non-hydrogen) atoms. The summed E-state index contributed by atoms with van der Waals surface area (Å²) < 4.78 is 26.8. The highest BCUT2D eigenvalue weighted by molar-refractivity contribution is 7.89. The second-order valence-electron chi connectivity index (χ2n) is 5.49. The molecule has 124 valence electrons. The van der Waals surface area contributed by atoms with Crippen LogP contribution >= 0.6 is 0 Å². The maximum Gasteiger partial charge on any atom is 0.214 e. The Morgan fingerprint density at radius 1 is 0.783 bits per heavy atom. The molecule has 0 spiro atoms. The van der Waals surface area contributed by atoms with Gasteiger partial charge in [0.2, 0.25) is 10.0 Å². The highest BCUT2D eigenvalue weighted by atomic mass is 32.2. The fourth-order valence-electron chi connectivity index (χ4n) is 2.35. The summed E-state index contributed by atoms with van der Waals surface area (Å²) in [5.74, 6) is 0.0627. The van der Waals surface area contributed by atoms with E-state index in [4.69, 9.17) is 5.11 Å². The van der Waals surface area contributed by atoms with Crippen molar-refractivity contribution in [2.75, 3.05) is 12.4 Å². The van der Waals surface area contributed by atoms with E-state index in [2.05, 4.69) is 0 Å². The summed E-state index contributed by atoms with van der Waals surface area (Å²) in [5.41, 5.74) is 1.93. The first kappa shape index (κ1) is 17.7. The Kier molecular flexibility index (Phi) is 6.77. The molecule has 0 aliphatic rings. The topological polar surface area (TPSA) is 57.6 Å². The molecule has 0 bridgehead atoms. The Labute approximate surface area is 138 Å². The number of sulfonamides is 1. The monoisotopic (exact) mass is 333 g/mol. The van der Waals surface area contributed by atoms with Gasteiger partial charge in [-0.3, -0.25) is 0 Å². The van der Waals surface area contributed by atoms with Gasteiger partial charge in [-0.2, -0.15) is 4.31 Å². The van der Waals surface area contributed by atoms with E-state index in [-0.39, 0.29) is 12.4 Å². The lowest BCUT2D eigenvalue weighted by Crippen LogP contribution is -2.32. The van der Waals surface area contributed by atoms with Gasteiger partial charge in [-0.05, 0) is 24.0 Å². The molecule has 2 aromatic rings. The standard InChI is InChI=1S/C18H23NO3S/c20-13-7-8-14-23(21,22)19(15-17-9-3-1-4-10-17)16-18-11-5-2-6-12-18/h1-6,9-12,20H,7-8,13-16H2. The van der Waals surface area contributed by atoms with E-state index < -0.39 is 10.0 Å². The molecular formula is C18H23NO3S. The molecule has 0 aromatic heterocycles. The Morgan fingerprint density at radius 3 is 1.70 bits per heavy atom. The largest absolute Gasteiger partial charge is 0.396 e. The van der Waals surface area contributed by atoms with Crippen LogP contribution < -0.4 is 0 Å². The Balaban J connectivity index is 2.16. The van der Waals surface area contributed by atoms with Crippen LogP contribution in [0.4, 0.5) is 0 Å². The number of rotatable bonds is 9. The second kappa shape index (κ2) is 8.82. The Hall–Kier alpha value is -1.69. The van der Waals surface area contributed by atoms with Crippen molar-refractivity contribution in [3.63, 3.8) is 0 Å². The fourth-order valence-corrected chi connectivity index (χ4v) is 3.87. The normalized spacial score (nSPS) is 11.7. The van der Waals surface area contributed by atoms with Crippen molar-refractivity contribution in [1.29, 1.82) is 0 Å². The van der Waals surface area contributed by atoms with Crippen molar-refractivity contribution in [2.45, 2.75) is 25.9 Å². The highest BCUT2D eigenvalue weighted by Crippen LogP contribution is 2.15. The van der Waals surface area contributed by atoms with Gasteiger partial charge in [-0.15, -0.1) is 0 Å². The third-order valence-corrected chi connectivity index (χ3v) is 5.46. The molecule has 0 radical (unpaired) electrons. The minimum Gasteiger partial charge on any atom is -0.396 e. The first-order valence-corrected chi connectivity index (χ1v) is 9.39. The molecule has 5 heteroatoms. The summed E-state index contributed by atoms with van der Waals surface area (Å²) >= 11 is 0. The maximum absolute atomic E-state index is 12.7. The summed E-state index contributed by atoms with van der Waals surface area (Å²) in [6.07, 6.45) is 0.975. The molecule has 0 unspecified atom stereocenters. The summed E-state index contributed by atoms with van der Waals surface area (Å²) in [4.78, 5) is 0. The smallest absolute Gasteiger partial charge is 0.214 e. The zero-order chi connectivity index (χ0) is 16.5. The van der Waals surface area contributed by atoms with Crippen LogP contribution in [0.1, 0.15) is 24.0 Å². The number of nitrogens with zero attached hydrogens (tertiary/aromatic N) is 1. The van der Waals surface area contributed by atoms with Crippen LogP contribution in [-0.2, 0) is 23.1 Å². The molecule has 0 amide bonds. The van der Waals surface area contributed by atoms with Crippen LogP contribution in [-0.4, -0.2) is 30.2 Å². The van der Waals surface area contributed by atoms with Crippen LogP contribution in [0.15, 0.2) is 60.7 Å². The molecule has 0 aliphatic carbocycles. The molecule has 0 aliphatic heterocycles. The number of benzene rings is 2. The Bertz CT molecular complexity index is 630. The summed E-state index contributed by atoms with van der Waals surface area (Å²) in [5, 5.41) is 8.86. The first-order valence-electron chi connectivity index (χ1n) is 7.78. The molecule has 0 saturated carbocycles. The number of aliphatic hydroxyl groups is 1.